The van der Waals surface area contributed by atoms with Crippen LogP contribution in [-0.2, 0) is 11.3 Å². The molecule has 0 aliphatic carbocycles. The molecule has 1 fully saturated rings. The first kappa shape index (κ1) is 15.9. The predicted octanol–water partition coefficient (Wildman–Crippen LogP) is 3.25. The van der Waals surface area contributed by atoms with Gasteiger partial charge in [-0.25, -0.2) is 0 Å². The van der Waals surface area contributed by atoms with E-state index in [2.05, 4.69) is 15.1 Å². The van der Waals surface area contributed by atoms with Gasteiger partial charge >= 0.3 is 0 Å². The van der Waals surface area contributed by atoms with Crippen LogP contribution >= 0.6 is 0 Å². The lowest BCUT2D eigenvalue weighted by Crippen LogP contribution is -2.37. The molecule has 1 atom stereocenters. The van der Waals surface area contributed by atoms with Gasteiger partial charge in [-0.15, -0.1) is 0 Å². The molecular formula is C19H21N3O3. The third kappa shape index (κ3) is 3.45. The molecule has 2 aromatic heterocycles. The molecule has 1 saturated heterocycles. The summed E-state index contributed by atoms with van der Waals surface area (Å²) in [5.41, 5.74) is 3.32. The van der Waals surface area contributed by atoms with Gasteiger partial charge in [0.1, 0.15) is 17.6 Å². The first-order valence-corrected chi connectivity index (χ1v) is 8.37. The maximum absolute atomic E-state index is 5.84. The Morgan fingerprint density at radius 2 is 2.16 bits per heavy atom. The normalized spacial score (nSPS) is 18.4. The Bertz CT molecular complexity index is 796. The number of nitrogens with zero attached hydrogens (tertiary/aromatic N) is 2. The highest BCUT2D eigenvalue weighted by Crippen LogP contribution is 2.27. The summed E-state index contributed by atoms with van der Waals surface area (Å²) in [7, 11) is 1.67. The Morgan fingerprint density at radius 3 is 2.92 bits per heavy atom. The first-order valence-electron chi connectivity index (χ1n) is 8.37. The lowest BCUT2D eigenvalue weighted by atomic mass is 10.1. The van der Waals surface area contributed by atoms with E-state index in [0.29, 0.717) is 6.61 Å². The average Bonchev–Trinajstić information content (AvgIpc) is 3.34. The number of aromatic nitrogens is 2. The smallest absolute Gasteiger partial charge is 0.133 e. The minimum atomic E-state index is -0.0138. The summed E-state index contributed by atoms with van der Waals surface area (Å²) >= 11 is 0. The van der Waals surface area contributed by atoms with Crippen LogP contribution in [0.1, 0.15) is 17.4 Å². The van der Waals surface area contributed by atoms with Crippen LogP contribution in [0, 0.1) is 0 Å². The Kier molecular flexibility index (Phi) is 4.54. The Labute approximate surface area is 146 Å². The molecular weight excluding hydrogens is 318 g/mol. The number of furan rings is 1. The van der Waals surface area contributed by atoms with Crippen LogP contribution in [-0.4, -0.2) is 41.9 Å². The molecule has 1 aliphatic heterocycles. The van der Waals surface area contributed by atoms with Crippen LogP contribution in [0.4, 0.5) is 0 Å². The highest BCUT2D eigenvalue weighted by Gasteiger charge is 2.24. The summed E-state index contributed by atoms with van der Waals surface area (Å²) < 4.78 is 16.6. The maximum Gasteiger partial charge on any atom is 0.133 e. The van der Waals surface area contributed by atoms with E-state index >= 15 is 0 Å². The van der Waals surface area contributed by atoms with Crippen molar-refractivity contribution in [1.82, 2.24) is 15.1 Å². The molecule has 3 aromatic rings. The van der Waals surface area contributed by atoms with Crippen molar-refractivity contribution in [2.45, 2.75) is 12.6 Å². The van der Waals surface area contributed by atoms with E-state index in [9.17, 15) is 0 Å². The summed E-state index contributed by atoms with van der Waals surface area (Å²) in [5.74, 6) is 1.73. The van der Waals surface area contributed by atoms with Gasteiger partial charge < -0.3 is 13.9 Å². The van der Waals surface area contributed by atoms with Gasteiger partial charge in [-0.05, 0) is 36.4 Å². The zero-order chi connectivity index (χ0) is 17.1. The van der Waals surface area contributed by atoms with Crippen LogP contribution in [0.3, 0.4) is 0 Å². The maximum atomic E-state index is 5.84. The van der Waals surface area contributed by atoms with E-state index in [1.807, 2.05) is 42.6 Å². The second kappa shape index (κ2) is 7.13. The minimum Gasteiger partial charge on any atom is -0.497 e. The van der Waals surface area contributed by atoms with E-state index in [1.54, 1.807) is 13.4 Å². The number of nitrogens with one attached hydrogen (secondary N) is 1. The summed E-state index contributed by atoms with van der Waals surface area (Å²) in [6.07, 6.45) is 3.58. The van der Waals surface area contributed by atoms with Gasteiger partial charge in [0, 0.05) is 30.8 Å². The molecule has 0 saturated carbocycles. The van der Waals surface area contributed by atoms with Crippen LogP contribution < -0.4 is 4.74 Å². The lowest BCUT2D eigenvalue weighted by Gasteiger charge is -2.31. The first-order chi connectivity index (χ1) is 12.3. The molecule has 6 heteroatoms. The SMILES string of the molecule is COc1ccc(-c2[nH]ncc2CN2CCO[C@@H](c3ccco3)C2)cc1. The third-order valence-corrected chi connectivity index (χ3v) is 4.50. The molecule has 0 spiro atoms. The van der Waals surface area contributed by atoms with Crippen LogP contribution in [0.2, 0.25) is 0 Å². The number of methoxy groups -OCH3 is 1. The van der Waals surface area contributed by atoms with Gasteiger partial charge in [-0.3, -0.25) is 10.00 Å². The predicted molar refractivity (Wildman–Crippen MR) is 93.3 cm³/mol. The number of hydrogen-bond acceptors (Lipinski definition) is 5. The molecule has 4 rings (SSSR count). The monoisotopic (exact) mass is 339 g/mol. The molecule has 6 nitrogen and oxygen atoms in total. The largest absolute Gasteiger partial charge is 0.497 e. The van der Waals surface area contributed by atoms with E-state index in [1.165, 1.54) is 5.56 Å². The Balaban J connectivity index is 1.48. The van der Waals surface area contributed by atoms with E-state index < -0.39 is 0 Å². The number of hydrogen-bond donors (Lipinski definition) is 1. The van der Waals surface area contributed by atoms with Gasteiger partial charge in [0.15, 0.2) is 0 Å². The van der Waals surface area contributed by atoms with Gasteiger partial charge in [0.05, 0.1) is 31.9 Å². The Hall–Kier alpha value is -2.57. The van der Waals surface area contributed by atoms with Gasteiger partial charge in [-0.2, -0.15) is 5.10 Å². The number of morpholine rings is 1. The minimum absolute atomic E-state index is 0.0138. The Morgan fingerprint density at radius 1 is 1.28 bits per heavy atom. The molecule has 130 valence electrons. The van der Waals surface area contributed by atoms with E-state index in [4.69, 9.17) is 13.9 Å². The number of rotatable bonds is 5. The standard InChI is InChI=1S/C19H21N3O3/c1-23-16-6-4-14(5-7-16)19-15(11-20-21-19)12-22-8-10-25-18(13-22)17-3-2-9-24-17/h2-7,9,11,18H,8,10,12-13H2,1H3,(H,20,21)/t18-/m1/s1. The van der Waals surface area contributed by atoms with Crippen molar-refractivity contribution in [2.75, 3.05) is 26.8 Å². The summed E-state index contributed by atoms with van der Waals surface area (Å²) in [4.78, 5) is 2.37. The summed E-state index contributed by atoms with van der Waals surface area (Å²) in [5, 5.41) is 7.36. The van der Waals surface area contributed by atoms with Crippen molar-refractivity contribution in [3.05, 3.63) is 60.2 Å². The average molecular weight is 339 g/mol. The molecule has 1 aliphatic rings. The topological polar surface area (TPSA) is 63.5 Å². The molecule has 3 heterocycles. The van der Waals surface area contributed by atoms with Crippen molar-refractivity contribution in [3.63, 3.8) is 0 Å². The van der Waals surface area contributed by atoms with Crippen molar-refractivity contribution in [1.29, 1.82) is 0 Å². The highest BCUT2D eigenvalue weighted by atomic mass is 16.5. The molecule has 0 radical (unpaired) electrons. The van der Waals surface area contributed by atoms with Crippen molar-refractivity contribution in [3.8, 4) is 17.0 Å². The second-order valence-corrected chi connectivity index (χ2v) is 6.11. The lowest BCUT2D eigenvalue weighted by molar-refractivity contribution is -0.0427. The van der Waals surface area contributed by atoms with Gasteiger partial charge in [0.2, 0.25) is 0 Å². The third-order valence-electron chi connectivity index (χ3n) is 4.50. The molecule has 25 heavy (non-hydrogen) atoms. The van der Waals surface area contributed by atoms with Crippen molar-refractivity contribution < 1.29 is 13.9 Å². The molecule has 1 N–H and O–H groups in total. The number of ether oxygens (including phenoxy) is 2. The zero-order valence-electron chi connectivity index (χ0n) is 14.1. The van der Waals surface area contributed by atoms with Crippen molar-refractivity contribution >= 4 is 0 Å². The van der Waals surface area contributed by atoms with Gasteiger partial charge in [-0.1, -0.05) is 0 Å². The number of aromatic amines is 1. The molecule has 0 unspecified atom stereocenters. The number of benzene rings is 1. The van der Waals surface area contributed by atoms with Crippen LogP contribution in [0.15, 0.2) is 53.3 Å². The molecule has 1 aromatic carbocycles. The number of H-pyrrole nitrogens is 1. The highest BCUT2D eigenvalue weighted by molar-refractivity contribution is 5.63. The summed E-state index contributed by atoms with van der Waals surface area (Å²) in [6, 6.07) is 11.9. The van der Waals surface area contributed by atoms with Crippen molar-refractivity contribution in [2.24, 2.45) is 0 Å². The molecule has 0 bridgehead atoms. The fraction of sp³-hybridized carbons (Fsp3) is 0.316. The second-order valence-electron chi connectivity index (χ2n) is 6.11. The quantitative estimate of drug-likeness (QED) is 0.773. The van der Waals surface area contributed by atoms with Crippen LogP contribution in [0.25, 0.3) is 11.3 Å². The summed E-state index contributed by atoms with van der Waals surface area (Å²) in [6.45, 7) is 3.21. The molecule has 0 amide bonds. The van der Waals surface area contributed by atoms with E-state index in [-0.39, 0.29) is 6.10 Å². The fourth-order valence-electron chi connectivity index (χ4n) is 3.17. The van der Waals surface area contributed by atoms with Gasteiger partial charge in [0.25, 0.3) is 0 Å². The fourth-order valence-corrected chi connectivity index (χ4v) is 3.17. The zero-order valence-corrected chi connectivity index (χ0v) is 14.1. The van der Waals surface area contributed by atoms with E-state index in [0.717, 1.165) is 42.4 Å². The van der Waals surface area contributed by atoms with Crippen LogP contribution in [0.5, 0.6) is 5.75 Å².